The van der Waals surface area contributed by atoms with Gasteiger partial charge < -0.3 is 9.47 Å². The summed E-state index contributed by atoms with van der Waals surface area (Å²) in [5, 5.41) is 1.95. The quantitative estimate of drug-likeness (QED) is 0.806. The summed E-state index contributed by atoms with van der Waals surface area (Å²) in [6.45, 7) is 2.13. The van der Waals surface area contributed by atoms with Crippen LogP contribution in [0, 0.1) is 0 Å². The van der Waals surface area contributed by atoms with Gasteiger partial charge in [0.05, 0.1) is 14.2 Å². The second-order valence-corrected chi connectivity index (χ2v) is 4.27. The second-order valence-electron chi connectivity index (χ2n) is 4.27. The first-order valence-electron chi connectivity index (χ1n) is 5.71. The molecule has 0 spiro atoms. The summed E-state index contributed by atoms with van der Waals surface area (Å²) in [4.78, 5) is 0. The molecule has 0 radical (unpaired) electrons. The number of methoxy groups -OCH3 is 2. The molecule has 1 unspecified atom stereocenters. The zero-order valence-corrected chi connectivity index (χ0v) is 12.5. The largest absolute Gasteiger partial charge is 0.496 e. The van der Waals surface area contributed by atoms with E-state index in [-0.39, 0.29) is 12.4 Å². The highest BCUT2D eigenvalue weighted by molar-refractivity contribution is 5.85. The van der Waals surface area contributed by atoms with Crippen LogP contribution in [0.25, 0.3) is 0 Å². The normalized spacial score (nSPS) is 11.9. The summed E-state index contributed by atoms with van der Waals surface area (Å²) < 4.78 is 10.7. The highest BCUT2D eigenvalue weighted by Gasteiger charge is 2.13. The van der Waals surface area contributed by atoms with Gasteiger partial charge in [-0.3, -0.25) is 10.4 Å². The highest BCUT2D eigenvalue weighted by atomic mass is 35.5. The van der Waals surface area contributed by atoms with Gasteiger partial charge in [0.2, 0.25) is 0 Å². The van der Waals surface area contributed by atoms with Crippen LogP contribution in [0.15, 0.2) is 18.2 Å². The minimum absolute atomic E-state index is 0. The predicted molar refractivity (Wildman–Crippen MR) is 76.8 cm³/mol. The number of benzene rings is 1. The molecule has 4 nitrogen and oxygen atoms in total. The summed E-state index contributed by atoms with van der Waals surface area (Å²) in [5.41, 5.74) is 4.41. The molecule has 0 aliphatic carbocycles. The third-order valence-corrected chi connectivity index (χ3v) is 2.52. The van der Waals surface area contributed by atoms with E-state index in [1.165, 1.54) is 0 Å². The van der Waals surface area contributed by atoms with Crippen LogP contribution in [0.1, 0.15) is 12.5 Å². The zero-order chi connectivity index (χ0) is 12.8. The Morgan fingerprint density at radius 3 is 2.06 bits per heavy atom. The molecule has 0 aliphatic heterocycles. The van der Waals surface area contributed by atoms with Crippen molar-refractivity contribution >= 4 is 12.4 Å². The molecule has 0 bridgehead atoms. The maximum atomic E-state index is 5.37. The SMILES string of the molecule is COc1cccc(OC)c1CC(C)NN(C)C.Cl. The van der Waals surface area contributed by atoms with Gasteiger partial charge in [0.1, 0.15) is 11.5 Å². The first-order chi connectivity index (χ1) is 8.08. The van der Waals surface area contributed by atoms with Crippen molar-refractivity contribution in [2.75, 3.05) is 28.3 Å². The predicted octanol–water partition coefficient (Wildman–Crippen LogP) is 2.12. The Morgan fingerprint density at radius 1 is 1.17 bits per heavy atom. The van der Waals surface area contributed by atoms with Crippen molar-refractivity contribution in [1.29, 1.82) is 0 Å². The molecule has 0 saturated heterocycles. The van der Waals surface area contributed by atoms with E-state index < -0.39 is 0 Å². The van der Waals surface area contributed by atoms with Crippen LogP contribution in [-0.4, -0.2) is 39.4 Å². The van der Waals surface area contributed by atoms with Crippen molar-refractivity contribution < 1.29 is 9.47 Å². The van der Waals surface area contributed by atoms with Gasteiger partial charge in [0, 0.05) is 25.7 Å². The highest BCUT2D eigenvalue weighted by Crippen LogP contribution is 2.29. The van der Waals surface area contributed by atoms with Gasteiger partial charge in [0.15, 0.2) is 0 Å². The minimum atomic E-state index is 0. The summed E-state index contributed by atoms with van der Waals surface area (Å²) in [7, 11) is 7.33. The summed E-state index contributed by atoms with van der Waals surface area (Å²) >= 11 is 0. The molecule has 0 aliphatic rings. The summed E-state index contributed by atoms with van der Waals surface area (Å²) in [6, 6.07) is 6.17. The van der Waals surface area contributed by atoms with Gasteiger partial charge >= 0.3 is 0 Å². The first-order valence-corrected chi connectivity index (χ1v) is 5.71. The Morgan fingerprint density at radius 2 is 1.67 bits per heavy atom. The lowest BCUT2D eigenvalue weighted by Crippen LogP contribution is -2.39. The Balaban J connectivity index is 0.00000289. The van der Waals surface area contributed by atoms with Crippen molar-refractivity contribution in [3.8, 4) is 11.5 Å². The maximum Gasteiger partial charge on any atom is 0.125 e. The van der Waals surface area contributed by atoms with Crippen LogP contribution in [0.3, 0.4) is 0 Å². The topological polar surface area (TPSA) is 33.7 Å². The van der Waals surface area contributed by atoms with Crippen LogP contribution in [-0.2, 0) is 6.42 Å². The number of ether oxygens (including phenoxy) is 2. The molecular weight excluding hydrogens is 252 g/mol. The lowest BCUT2D eigenvalue weighted by molar-refractivity contribution is 0.247. The molecule has 0 fully saturated rings. The number of halogens is 1. The molecule has 1 aromatic carbocycles. The van der Waals surface area contributed by atoms with Crippen molar-refractivity contribution in [3.05, 3.63) is 23.8 Å². The van der Waals surface area contributed by atoms with Crippen LogP contribution >= 0.6 is 12.4 Å². The Kier molecular flexibility index (Phi) is 7.75. The first kappa shape index (κ1) is 17.0. The molecule has 0 aromatic heterocycles. The monoisotopic (exact) mass is 274 g/mol. The van der Waals surface area contributed by atoms with E-state index in [4.69, 9.17) is 9.47 Å². The smallest absolute Gasteiger partial charge is 0.125 e. The van der Waals surface area contributed by atoms with Crippen LogP contribution in [0.2, 0.25) is 0 Å². The van der Waals surface area contributed by atoms with Crippen LogP contribution in [0.5, 0.6) is 11.5 Å². The molecule has 0 saturated carbocycles. The Hall–Kier alpha value is -0.970. The molecule has 1 rings (SSSR count). The van der Waals surface area contributed by atoms with E-state index >= 15 is 0 Å². The van der Waals surface area contributed by atoms with E-state index in [1.54, 1.807) is 14.2 Å². The summed E-state index contributed by atoms with van der Waals surface area (Å²) in [5.74, 6) is 1.74. The van der Waals surface area contributed by atoms with E-state index in [9.17, 15) is 0 Å². The molecule has 104 valence electrons. The molecule has 0 heterocycles. The molecule has 5 heteroatoms. The van der Waals surface area contributed by atoms with E-state index in [2.05, 4.69) is 12.3 Å². The van der Waals surface area contributed by atoms with Gasteiger partial charge in [0.25, 0.3) is 0 Å². The molecule has 1 aromatic rings. The fraction of sp³-hybridized carbons (Fsp3) is 0.538. The maximum absolute atomic E-state index is 5.37. The zero-order valence-electron chi connectivity index (χ0n) is 11.7. The van der Waals surface area contributed by atoms with E-state index in [1.807, 2.05) is 37.3 Å². The third kappa shape index (κ3) is 4.72. The lowest BCUT2D eigenvalue weighted by Gasteiger charge is -2.21. The molecule has 18 heavy (non-hydrogen) atoms. The summed E-state index contributed by atoms with van der Waals surface area (Å²) in [6.07, 6.45) is 0.853. The second kappa shape index (κ2) is 8.19. The number of hydrogen-bond acceptors (Lipinski definition) is 4. The van der Waals surface area contributed by atoms with E-state index in [0.717, 1.165) is 23.5 Å². The average Bonchev–Trinajstić information content (AvgIpc) is 2.28. The van der Waals surface area contributed by atoms with Crippen LogP contribution < -0.4 is 14.9 Å². The van der Waals surface area contributed by atoms with Crippen molar-refractivity contribution in [1.82, 2.24) is 10.4 Å². The average molecular weight is 275 g/mol. The molecule has 1 N–H and O–H groups in total. The number of hydrazine groups is 1. The molecule has 1 atom stereocenters. The minimum Gasteiger partial charge on any atom is -0.496 e. The van der Waals surface area contributed by atoms with Gasteiger partial charge in [-0.05, 0) is 25.5 Å². The number of nitrogens with one attached hydrogen (secondary N) is 1. The van der Waals surface area contributed by atoms with Crippen LogP contribution in [0.4, 0.5) is 0 Å². The van der Waals surface area contributed by atoms with Gasteiger partial charge in [-0.25, -0.2) is 0 Å². The molecule has 0 amide bonds. The van der Waals surface area contributed by atoms with E-state index in [0.29, 0.717) is 6.04 Å². The fourth-order valence-corrected chi connectivity index (χ4v) is 1.92. The molecular formula is C13H23ClN2O2. The van der Waals surface area contributed by atoms with Crippen molar-refractivity contribution in [3.63, 3.8) is 0 Å². The standard InChI is InChI=1S/C13H22N2O2.ClH/c1-10(14-15(2)3)9-11-12(16-4)7-6-8-13(11)17-5;/h6-8,10,14H,9H2,1-5H3;1H. The fourth-order valence-electron chi connectivity index (χ4n) is 1.92. The lowest BCUT2D eigenvalue weighted by atomic mass is 10.1. The Bertz CT molecular complexity index is 337. The number of rotatable bonds is 6. The third-order valence-electron chi connectivity index (χ3n) is 2.52. The van der Waals surface area contributed by atoms with Gasteiger partial charge in [-0.2, -0.15) is 0 Å². The number of hydrogen-bond donors (Lipinski definition) is 1. The van der Waals surface area contributed by atoms with Gasteiger partial charge in [-0.1, -0.05) is 6.07 Å². The van der Waals surface area contributed by atoms with Gasteiger partial charge in [-0.15, -0.1) is 12.4 Å². The van der Waals surface area contributed by atoms with Crippen molar-refractivity contribution in [2.24, 2.45) is 0 Å². The van der Waals surface area contributed by atoms with Crippen molar-refractivity contribution in [2.45, 2.75) is 19.4 Å². The Labute approximate surface area is 116 Å². The number of nitrogens with zero attached hydrogens (tertiary/aromatic N) is 1.